The van der Waals surface area contributed by atoms with Crippen LogP contribution in [-0.4, -0.2) is 12.8 Å². The van der Waals surface area contributed by atoms with Crippen molar-refractivity contribution in [3.63, 3.8) is 0 Å². The largest absolute Gasteiger partial charge is 0.413 e. The van der Waals surface area contributed by atoms with Gasteiger partial charge in [-0.15, -0.1) is 0 Å². The van der Waals surface area contributed by atoms with E-state index >= 15 is 0 Å². The van der Waals surface area contributed by atoms with Crippen LogP contribution in [0.3, 0.4) is 0 Å². The number of hydrogen-bond donors (Lipinski definition) is 1. The predicted octanol–water partition coefficient (Wildman–Crippen LogP) is 2.58. The van der Waals surface area contributed by atoms with Gasteiger partial charge in [-0.3, -0.25) is 4.84 Å². The number of nitrogens with one attached hydrogen (secondary N) is 1. The third-order valence-corrected chi connectivity index (χ3v) is 1.70. The molecule has 0 aliphatic rings. The number of hydrogen-bond acceptors (Lipinski definition) is 2. The lowest BCUT2D eigenvalue weighted by Gasteiger charge is -2.08. The zero-order valence-corrected chi connectivity index (χ0v) is 8.27. The average Bonchev–Trinajstić information content (AvgIpc) is 2.11. The van der Waals surface area contributed by atoms with Gasteiger partial charge in [0.15, 0.2) is 6.61 Å². The fourth-order valence-electron chi connectivity index (χ4n) is 1.09. The first kappa shape index (κ1) is 12.0. The van der Waals surface area contributed by atoms with E-state index in [1.165, 1.54) is 0 Å². The molecule has 0 aliphatic carbocycles. The van der Waals surface area contributed by atoms with E-state index in [2.05, 4.69) is 10.3 Å². The Morgan fingerprint density at radius 2 is 2.07 bits per heavy atom. The lowest BCUT2D eigenvalue weighted by atomic mass is 10.1. The minimum atomic E-state index is -4.29. The molecule has 1 aromatic rings. The summed E-state index contributed by atoms with van der Waals surface area (Å²) in [5.41, 5.74) is 4.21. The molecule has 0 aliphatic heterocycles. The Balaban J connectivity index is 2.26. The maximum absolute atomic E-state index is 11.7. The van der Waals surface area contributed by atoms with Gasteiger partial charge < -0.3 is 0 Å². The Hall–Kier alpha value is -1.07. The van der Waals surface area contributed by atoms with Crippen molar-refractivity contribution in [3.05, 3.63) is 35.4 Å². The van der Waals surface area contributed by atoms with Crippen molar-refractivity contribution in [1.29, 1.82) is 0 Å². The molecule has 84 valence electrons. The third-order valence-electron chi connectivity index (χ3n) is 1.70. The number of aryl methyl sites for hydroxylation is 1. The molecule has 1 rings (SSSR count). The van der Waals surface area contributed by atoms with E-state index in [1.54, 1.807) is 0 Å². The molecule has 0 saturated carbocycles. The van der Waals surface area contributed by atoms with Crippen molar-refractivity contribution < 1.29 is 18.0 Å². The van der Waals surface area contributed by atoms with E-state index < -0.39 is 12.8 Å². The monoisotopic (exact) mass is 219 g/mol. The summed E-state index contributed by atoms with van der Waals surface area (Å²) >= 11 is 0. The summed E-state index contributed by atoms with van der Waals surface area (Å²) in [6.45, 7) is 0.899. The standard InChI is InChI=1S/C10H12F3NO/c1-8-3-2-4-9(5-8)6-14-15-7-10(11,12)13/h2-5,14H,6-7H2,1H3. The molecule has 0 saturated heterocycles. The van der Waals surface area contributed by atoms with E-state index in [0.717, 1.165) is 11.1 Å². The van der Waals surface area contributed by atoms with Crippen molar-refractivity contribution >= 4 is 0 Å². The van der Waals surface area contributed by atoms with Gasteiger partial charge in [-0.1, -0.05) is 29.8 Å². The molecule has 5 heteroatoms. The highest BCUT2D eigenvalue weighted by Gasteiger charge is 2.27. The Morgan fingerprint density at radius 3 is 2.67 bits per heavy atom. The molecule has 0 amide bonds. The number of hydroxylamine groups is 1. The van der Waals surface area contributed by atoms with Crippen LogP contribution in [0.4, 0.5) is 13.2 Å². The van der Waals surface area contributed by atoms with Gasteiger partial charge in [0.25, 0.3) is 0 Å². The van der Waals surface area contributed by atoms with Crippen molar-refractivity contribution in [1.82, 2.24) is 5.48 Å². The molecule has 0 fully saturated rings. The molecule has 0 bridgehead atoms. The number of benzene rings is 1. The lowest BCUT2D eigenvalue weighted by Crippen LogP contribution is -2.24. The quantitative estimate of drug-likeness (QED) is 0.620. The molecule has 0 unspecified atom stereocenters. The smallest absolute Gasteiger partial charge is 0.292 e. The van der Waals surface area contributed by atoms with Crippen LogP contribution in [0.5, 0.6) is 0 Å². The van der Waals surface area contributed by atoms with Crippen molar-refractivity contribution in [3.8, 4) is 0 Å². The van der Waals surface area contributed by atoms with Gasteiger partial charge in [0.05, 0.1) is 0 Å². The molecule has 0 spiro atoms. The summed E-state index contributed by atoms with van der Waals surface area (Å²) in [6.07, 6.45) is -4.29. The number of rotatable bonds is 4. The zero-order valence-electron chi connectivity index (χ0n) is 8.27. The van der Waals surface area contributed by atoms with Crippen LogP contribution in [0.2, 0.25) is 0 Å². The highest BCUT2D eigenvalue weighted by atomic mass is 19.4. The molecular weight excluding hydrogens is 207 g/mol. The second-order valence-electron chi connectivity index (χ2n) is 3.21. The first-order valence-electron chi connectivity index (χ1n) is 4.44. The SMILES string of the molecule is Cc1cccc(CNOCC(F)(F)F)c1. The molecular formula is C10H12F3NO. The highest BCUT2D eigenvalue weighted by molar-refractivity contribution is 5.21. The zero-order chi connectivity index (χ0) is 11.3. The fraction of sp³-hybridized carbons (Fsp3) is 0.400. The number of halogens is 3. The van der Waals surface area contributed by atoms with Crippen LogP contribution < -0.4 is 5.48 Å². The molecule has 0 radical (unpaired) electrons. The van der Waals surface area contributed by atoms with E-state index in [9.17, 15) is 13.2 Å². The highest BCUT2D eigenvalue weighted by Crippen LogP contribution is 2.13. The Labute approximate surface area is 86.0 Å². The Morgan fingerprint density at radius 1 is 1.33 bits per heavy atom. The lowest BCUT2D eigenvalue weighted by molar-refractivity contribution is -0.190. The Bertz CT molecular complexity index is 312. The van der Waals surface area contributed by atoms with Crippen molar-refractivity contribution in [2.24, 2.45) is 0 Å². The summed E-state index contributed by atoms with van der Waals surface area (Å²) in [5, 5.41) is 0. The van der Waals surface area contributed by atoms with Gasteiger partial charge in [0.2, 0.25) is 0 Å². The van der Waals surface area contributed by atoms with Gasteiger partial charge in [-0.2, -0.15) is 18.7 Å². The normalized spacial score (nSPS) is 11.7. The fourth-order valence-corrected chi connectivity index (χ4v) is 1.09. The topological polar surface area (TPSA) is 21.3 Å². The van der Waals surface area contributed by atoms with Crippen LogP contribution in [0, 0.1) is 6.92 Å². The molecule has 1 aromatic carbocycles. The van der Waals surface area contributed by atoms with Gasteiger partial charge in [0.1, 0.15) is 0 Å². The first-order chi connectivity index (χ1) is 6.97. The summed E-state index contributed by atoms with van der Waals surface area (Å²) in [6, 6.07) is 7.46. The van der Waals surface area contributed by atoms with Gasteiger partial charge in [0, 0.05) is 6.54 Å². The molecule has 0 atom stereocenters. The van der Waals surface area contributed by atoms with Crippen LogP contribution in [-0.2, 0) is 11.4 Å². The van der Waals surface area contributed by atoms with Gasteiger partial charge in [-0.25, -0.2) is 0 Å². The minimum Gasteiger partial charge on any atom is -0.292 e. The average molecular weight is 219 g/mol. The van der Waals surface area contributed by atoms with E-state index in [1.807, 2.05) is 31.2 Å². The van der Waals surface area contributed by atoms with Crippen LogP contribution in [0.15, 0.2) is 24.3 Å². The first-order valence-corrected chi connectivity index (χ1v) is 4.44. The maximum atomic E-state index is 11.7. The second-order valence-corrected chi connectivity index (χ2v) is 3.21. The van der Waals surface area contributed by atoms with Crippen LogP contribution in [0.25, 0.3) is 0 Å². The maximum Gasteiger partial charge on any atom is 0.413 e. The van der Waals surface area contributed by atoms with E-state index in [4.69, 9.17) is 0 Å². The second kappa shape index (κ2) is 5.14. The molecule has 0 aromatic heterocycles. The molecule has 1 N–H and O–H groups in total. The van der Waals surface area contributed by atoms with Gasteiger partial charge >= 0.3 is 6.18 Å². The Kier molecular flexibility index (Phi) is 4.11. The summed E-state index contributed by atoms with van der Waals surface area (Å²) in [4.78, 5) is 4.27. The van der Waals surface area contributed by atoms with Gasteiger partial charge in [-0.05, 0) is 12.5 Å². The summed E-state index contributed by atoms with van der Waals surface area (Å²) in [7, 11) is 0. The summed E-state index contributed by atoms with van der Waals surface area (Å²) in [5.74, 6) is 0. The molecule has 0 heterocycles. The summed E-state index contributed by atoms with van der Waals surface area (Å²) < 4.78 is 35.0. The predicted molar refractivity (Wildman–Crippen MR) is 50.0 cm³/mol. The molecule has 2 nitrogen and oxygen atoms in total. The molecule has 15 heavy (non-hydrogen) atoms. The van der Waals surface area contributed by atoms with Crippen molar-refractivity contribution in [2.75, 3.05) is 6.61 Å². The van der Waals surface area contributed by atoms with Crippen LogP contribution in [0.1, 0.15) is 11.1 Å². The number of alkyl halides is 3. The van der Waals surface area contributed by atoms with E-state index in [-0.39, 0.29) is 6.54 Å². The van der Waals surface area contributed by atoms with E-state index in [0.29, 0.717) is 0 Å². The van der Waals surface area contributed by atoms with Crippen LogP contribution >= 0.6 is 0 Å². The minimum absolute atomic E-state index is 0.262. The third kappa shape index (κ3) is 5.39. The van der Waals surface area contributed by atoms with Crippen molar-refractivity contribution in [2.45, 2.75) is 19.6 Å².